The molecule has 0 fully saturated rings. The van der Waals surface area contributed by atoms with Crippen LogP contribution < -0.4 is 14.8 Å². The smallest absolute Gasteiger partial charge is 0.227 e. The van der Waals surface area contributed by atoms with Gasteiger partial charge in [0.2, 0.25) is 5.95 Å². The van der Waals surface area contributed by atoms with E-state index in [1.54, 1.807) is 12.3 Å². The predicted molar refractivity (Wildman–Crippen MR) is 115 cm³/mol. The van der Waals surface area contributed by atoms with Crippen LogP contribution in [0.4, 0.5) is 20.4 Å². The Balaban J connectivity index is 1.81. The first-order chi connectivity index (χ1) is 14.9. The summed E-state index contributed by atoms with van der Waals surface area (Å²) in [7, 11) is -1.04. The Morgan fingerprint density at radius 3 is 2.87 bits per heavy atom. The molecule has 0 saturated heterocycles. The molecule has 4 rings (SSSR count). The van der Waals surface area contributed by atoms with Crippen molar-refractivity contribution in [2.75, 3.05) is 18.2 Å². The highest BCUT2D eigenvalue weighted by atomic mass is 32.2. The molecule has 1 aromatic heterocycles. The average molecular weight is 445 g/mol. The van der Waals surface area contributed by atoms with E-state index >= 15 is 0 Å². The van der Waals surface area contributed by atoms with Gasteiger partial charge in [-0.2, -0.15) is 0 Å². The SMILES string of the molecule is CC1CCOc2cc(F)ccc2-c2nc(ncc2F)Nc2cc(CS(C)=O)cc(c2)O1. The van der Waals surface area contributed by atoms with Gasteiger partial charge in [0.25, 0.3) is 0 Å². The first-order valence-corrected chi connectivity index (χ1v) is 11.4. The number of hydrogen-bond acceptors (Lipinski definition) is 6. The van der Waals surface area contributed by atoms with Crippen LogP contribution in [0.5, 0.6) is 11.5 Å². The summed E-state index contributed by atoms with van der Waals surface area (Å²) in [6, 6.07) is 9.30. The van der Waals surface area contributed by atoms with Gasteiger partial charge in [0, 0.05) is 52.6 Å². The van der Waals surface area contributed by atoms with E-state index in [-0.39, 0.29) is 30.1 Å². The number of anilines is 2. The van der Waals surface area contributed by atoms with Crippen LogP contribution in [0.3, 0.4) is 0 Å². The van der Waals surface area contributed by atoms with Crippen LogP contribution in [0.2, 0.25) is 0 Å². The number of fused-ring (bicyclic) bond motifs is 6. The largest absolute Gasteiger partial charge is 0.493 e. The topological polar surface area (TPSA) is 73.3 Å². The Labute approximate surface area is 181 Å². The van der Waals surface area contributed by atoms with Crippen LogP contribution in [0.25, 0.3) is 11.3 Å². The third-order valence-corrected chi connectivity index (χ3v) is 5.39. The lowest BCUT2D eigenvalue weighted by molar-refractivity contribution is 0.177. The van der Waals surface area contributed by atoms with Crippen molar-refractivity contribution in [3.8, 4) is 22.8 Å². The second-order valence-corrected chi connectivity index (χ2v) is 8.74. The molecule has 6 nitrogen and oxygen atoms in total. The highest BCUT2D eigenvalue weighted by Gasteiger charge is 2.17. The molecule has 2 atom stereocenters. The van der Waals surface area contributed by atoms with E-state index in [2.05, 4.69) is 15.3 Å². The number of rotatable bonds is 2. The molecule has 0 saturated carbocycles. The average Bonchev–Trinajstić information content (AvgIpc) is 2.68. The second-order valence-electron chi connectivity index (χ2n) is 7.30. The molecule has 162 valence electrons. The van der Waals surface area contributed by atoms with E-state index in [9.17, 15) is 13.0 Å². The minimum Gasteiger partial charge on any atom is -0.493 e. The van der Waals surface area contributed by atoms with Crippen molar-refractivity contribution in [2.24, 2.45) is 0 Å². The number of benzene rings is 2. The molecule has 0 radical (unpaired) electrons. The highest BCUT2D eigenvalue weighted by molar-refractivity contribution is 7.83. The molecular formula is C22H21F2N3O3S. The van der Waals surface area contributed by atoms with E-state index in [0.717, 1.165) is 11.8 Å². The number of nitrogens with zero attached hydrogens (tertiary/aromatic N) is 2. The Hall–Kier alpha value is -3.07. The lowest BCUT2D eigenvalue weighted by atomic mass is 10.1. The van der Waals surface area contributed by atoms with Crippen LogP contribution in [-0.4, -0.2) is 33.1 Å². The molecular weight excluding hydrogens is 424 g/mol. The zero-order valence-corrected chi connectivity index (χ0v) is 17.8. The molecule has 0 amide bonds. The minimum atomic E-state index is -1.04. The van der Waals surface area contributed by atoms with Crippen molar-refractivity contribution in [1.29, 1.82) is 0 Å². The highest BCUT2D eigenvalue weighted by Crippen LogP contribution is 2.33. The van der Waals surface area contributed by atoms with Crippen molar-refractivity contribution >= 4 is 22.4 Å². The molecule has 2 aromatic carbocycles. The third kappa shape index (κ3) is 5.16. The molecule has 3 aromatic rings. The summed E-state index contributed by atoms with van der Waals surface area (Å²) < 4.78 is 51.9. The van der Waals surface area contributed by atoms with Gasteiger partial charge in [0.1, 0.15) is 23.0 Å². The van der Waals surface area contributed by atoms with Crippen LogP contribution in [0, 0.1) is 11.6 Å². The van der Waals surface area contributed by atoms with Gasteiger partial charge in [-0.1, -0.05) is 0 Å². The monoisotopic (exact) mass is 445 g/mol. The molecule has 9 heteroatoms. The quantitative estimate of drug-likeness (QED) is 0.622. The Morgan fingerprint density at radius 1 is 1.23 bits per heavy atom. The van der Waals surface area contributed by atoms with Gasteiger partial charge in [0.15, 0.2) is 5.82 Å². The molecule has 1 aliphatic heterocycles. The maximum atomic E-state index is 14.6. The van der Waals surface area contributed by atoms with Gasteiger partial charge in [-0.15, -0.1) is 0 Å². The fourth-order valence-electron chi connectivity index (χ4n) is 3.30. The maximum absolute atomic E-state index is 14.6. The zero-order chi connectivity index (χ0) is 22.0. The van der Waals surface area contributed by atoms with E-state index in [1.807, 2.05) is 19.1 Å². The first-order valence-electron chi connectivity index (χ1n) is 9.70. The molecule has 1 N–H and O–H groups in total. The fraction of sp³-hybridized carbons (Fsp3) is 0.273. The summed E-state index contributed by atoms with van der Waals surface area (Å²) in [4.78, 5) is 8.30. The summed E-state index contributed by atoms with van der Waals surface area (Å²) >= 11 is 0. The zero-order valence-electron chi connectivity index (χ0n) is 17.0. The van der Waals surface area contributed by atoms with Gasteiger partial charge in [0.05, 0.1) is 18.9 Å². The van der Waals surface area contributed by atoms with E-state index in [4.69, 9.17) is 9.47 Å². The van der Waals surface area contributed by atoms with E-state index in [0.29, 0.717) is 29.2 Å². The van der Waals surface area contributed by atoms with Crippen molar-refractivity contribution in [3.63, 3.8) is 0 Å². The fourth-order valence-corrected chi connectivity index (χ4v) is 3.94. The number of ether oxygens (including phenoxy) is 2. The normalized spacial score (nSPS) is 16.7. The van der Waals surface area contributed by atoms with Crippen molar-refractivity contribution in [1.82, 2.24) is 9.97 Å². The number of nitrogens with one attached hydrogen (secondary N) is 1. The van der Waals surface area contributed by atoms with Gasteiger partial charge in [-0.25, -0.2) is 18.7 Å². The summed E-state index contributed by atoms with van der Waals surface area (Å²) in [6.45, 7) is 2.13. The van der Waals surface area contributed by atoms with Gasteiger partial charge >= 0.3 is 0 Å². The predicted octanol–water partition coefficient (Wildman–Crippen LogP) is 4.59. The van der Waals surface area contributed by atoms with Crippen molar-refractivity contribution in [3.05, 3.63) is 59.8 Å². The summed E-state index contributed by atoms with van der Waals surface area (Å²) in [5.74, 6) is 0.146. The van der Waals surface area contributed by atoms with Gasteiger partial charge in [-0.05, 0) is 36.8 Å². The van der Waals surface area contributed by atoms with Gasteiger partial charge in [-0.3, -0.25) is 4.21 Å². The summed E-state index contributed by atoms with van der Waals surface area (Å²) in [5, 5.41) is 3.05. The Bertz CT molecular complexity index is 1140. The van der Waals surface area contributed by atoms with E-state index in [1.165, 1.54) is 18.2 Å². The van der Waals surface area contributed by atoms with Crippen LogP contribution in [0.15, 0.2) is 42.6 Å². The molecule has 0 spiro atoms. The van der Waals surface area contributed by atoms with Gasteiger partial charge < -0.3 is 14.8 Å². The second kappa shape index (κ2) is 8.97. The van der Waals surface area contributed by atoms with Crippen LogP contribution in [0.1, 0.15) is 18.9 Å². The minimum absolute atomic E-state index is 0.0000946. The number of hydrogen-bond donors (Lipinski definition) is 1. The molecule has 2 heterocycles. The molecule has 1 aliphatic rings. The molecule has 31 heavy (non-hydrogen) atoms. The van der Waals surface area contributed by atoms with Crippen molar-refractivity contribution in [2.45, 2.75) is 25.2 Å². The Morgan fingerprint density at radius 2 is 2.06 bits per heavy atom. The first kappa shape index (κ1) is 21.2. The van der Waals surface area contributed by atoms with Crippen LogP contribution >= 0.6 is 0 Å². The molecule has 4 bridgehead atoms. The lowest BCUT2D eigenvalue weighted by Crippen LogP contribution is -2.16. The van der Waals surface area contributed by atoms with E-state index < -0.39 is 22.4 Å². The third-order valence-electron chi connectivity index (χ3n) is 4.65. The number of halogens is 2. The summed E-state index contributed by atoms with van der Waals surface area (Å²) in [6.07, 6.45) is 2.98. The maximum Gasteiger partial charge on any atom is 0.227 e. The molecule has 0 aliphatic carbocycles. The van der Waals surface area contributed by atoms with Crippen molar-refractivity contribution < 1.29 is 22.5 Å². The Kier molecular flexibility index (Phi) is 6.13. The lowest BCUT2D eigenvalue weighted by Gasteiger charge is -2.19. The number of aromatic nitrogens is 2. The molecule has 2 unspecified atom stereocenters. The summed E-state index contributed by atoms with van der Waals surface area (Å²) in [5.41, 5.74) is 1.76. The standard InChI is InChI=1S/C22H21F2N3O3S/c1-13-5-6-29-20-9-15(23)3-4-18(20)21-19(24)11-25-22(27-21)26-16-7-14(12-31(2)28)8-17(10-16)30-13/h3-4,7-11,13H,5-6,12H2,1-2H3,(H,25,26,27). The van der Waals surface area contributed by atoms with Crippen LogP contribution in [-0.2, 0) is 16.6 Å².